The summed E-state index contributed by atoms with van der Waals surface area (Å²) < 4.78 is 12.2. The van der Waals surface area contributed by atoms with Gasteiger partial charge in [0.05, 0.1) is 19.9 Å². The topological polar surface area (TPSA) is 54.7 Å². The fourth-order valence-corrected chi connectivity index (χ4v) is 2.11. The summed E-state index contributed by atoms with van der Waals surface area (Å²) in [6, 6.07) is 9.18. The highest BCUT2D eigenvalue weighted by Crippen LogP contribution is 2.28. The molecule has 0 spiro atoms. The fourth-order valence-electron chi connectivity index (χ4n) is 2.11. The smallest absolute Gasteiger partial charge is 0.290 e. The van der Waals surface area contributed by atoms with Gasteiger partial charge in [0.15, 0.2) is 12.4 Å². The van der Waals surface area contributed by atoms with Crippen molar-refractivity contribution in [2.75, 3.05) is 38.5 Å². The van der Waals surface area contributed by atoms with Crippen molar-refractivity contribution in [1.29, 1.82) is 0 Å². The number of amides is 1. The number of anilines is 2. The number of methoxy groups -OCH3 is 2. The van der Waals surface area contributed by atoms with Crippen LogP contribution in [0.2, 0.25) is 0 Å². The molecular formula is C17H22N3O3+. The molecule has 0 atom stereocenters. The average molecular weight is 316 g/mol. The van der Waals surface area contributed by atoms with E-state index >= 15 is 0 Å². The lowest BCUT2D eigenvalue weighted by Crippen LogP contribution is -2.39. The molecule has 0 aliphatic carbocycles. The molecule has 0 saturated carbocycles. The van der Waals surface area contributed by atoms with E-state index in [1.165, 1.54) is 0 Å². The molecule has 122 valence electrons. The van der Waals surface area contributed by atoms with Crippen LogP contribution in [0.5, 0.6) is 11.5 Å². The molecular weight excluding hydrogens is 294 g/mol. The lowest BCUT2D eigenvalue weighted by Gasteiger charge is -2.11. The zero-order valence-electron chi connectivity index (χ0n) is 13.9. The predicted molar refractivity (Wildman–Crippen MR) is 89.1 cm³/mol. The first-order chi connectivity index (χ1) is 11.0. The Bertz CT molecular complexity index is 669. The summed E-state index contributed by atoms with van der Waals surface area (Å²) in [4.78, 5) is 14.2. The van der Waals surface area contributed by atoms with Crippen molar-refractivity contribution in [3.05, 3.63) is 42.7 Å². The number of ether oxygens (including phenoxy) is 2. The molecule has 2 rings (SSSR count). The first kappa shape index (κ1) is 16.6. The summed E-state index contributed by atoms with van der Waals surface area (Å²) >= 11 is 0. The Morgan fingerprint density at radius 2 is 1.83 bits per heavy atom. The number of carbonyl (C=O) groups is 1. The van der Waals surface area contributed by atoms with Crippen molar-refractivity contribution in [2.24, 2.45) is 0 Å². The van der Waals surface area contributed by atoms with Crippen LogP contribution >= 0.6 is 0 Å². The molecule has 2 aromatic rings. The summed E-state index contributed by atoms with van der Waals surface area (Å²) in [5.74, 6) is 1.11. The summed E-state index contributed by atoms with van der Waals surface area (Å²) in [6.07, 6.45) is 3.75. The number of nitrogens with one attached hydrogen (secondary N) is 1. The van der Waals surface area contributed by atoms with Crippen LogP contribution in [0.15, 0.2) is 42.7 Å². The van der Waals surface area contributed by atoms with Gasteiger partial charge in [-0.1, -0.05) is 0 Å². The van der Waals surface area contributed by atoms with E-state index in [0.29, 0.717) is 17.2 Å². The first-order valence-electron chi connectivity index (χ1n) is 7.22. The molecule has 23 heavy (non-hydrogen) atoms. The maximum absolute atomic E-state index is 12.2. The van der Waals surface area contributed by atoms with Crippen LogP contribution < -0.4 is 24.3 Å². The Labute approximate surface area is 136 Å². The van der Waals surface area contributed by atoms with Crippen LogP contribution in [0, 0.1) is 0 Å². The number of aromatic nitrogens is 1. The summed E-state index contributed by atoms with van der Waals surface area (Å²) in [6.45, 7) is 0.225. The van der Waals surface area contributed by atoms with Crippen molar-refractivity contribution in [3.8, 4) is 11.5 Å². The zero-order chi connectivity index (χ0) is 16.8. The van der Waals surface area contributed by atoms with Gasteiger partial charge in [-0.3, -0.25) is 4.79 Å². The van der Waals surface area contributed by atoms with Gasteiger partial charge in [-0.2, -0.15) is 4.57 Å². The maximum atomic E-state index is 12.2. The van der Waals surface area contributed by atoms with E-state index in [1.54, 1.807) is 32.4 Å². The van der Waals surface area contributed by atoms with Gasteiger partial charge in [-0.05, 0) is 12.1 Å². The Morgan fingerprint density at radius 3 is 2.39 bits per heavy atom. The van der Waals surface area contributed by atoms with Gasteiger partial charge < -0.3 is 19.7 Å². The summed E-state index contributed by atoms with van der Waals surface area (Å²) in [5.41, 5.74) is 1.70. The van der Waals surface area contributed by atoms with Crippen molar-refractivity contribution in [3.63, 3.8) is 0 Å². The molecule has 1 aromatic heterocycles. The van der Waals surface area contributed by atoms with E-state index in [0.717, 1.165) is 5.69 Å². The van der Waals surface area contributed by atoms with E-state index < -0.39 is 0 Å². The minimum Gasteiger partial charge on any atom is -0.497 e. The third-order valence-corrected chi connectivity index (χ3v) is 3.40. The molecule has 0 unspecified atom stereocenters. The Morgan fingerprint density at radius 1 is 1.13 bits per heavy atom. The summed E-state index contributed by atoms with van der Waals surface area (Å²) in [7, 11) is 7.09. The lowest BCUT2D eigenvalue weighted by molar-refractivity contribution is -0.684. The number of rotatable bonds is 6. The second kappa shape index (κ2) is 7.49. The predicted octanol–water partition coefficient (Wildman–Crippen LogP) is 1.70. The molecule has 6 heteroatoms. The maximum Gasteiger partial charge on any atom is 0.290 e. The molecule has 1 aromatic carbocycles. The fraction of sp³-hybridized carbons (Fsp3) is 0.294. The van der Waals surface area contributed by atoms with Gasteiger partial charge in [0.2, 0.25) is 6.54 Å². The van der Waals surface area contributed by atoms with E-state index in [4.69, 9.17) is 9.47 Å². The monoisotopic (exact) mass is 316 g/mol. The number of hydrogen-bond donors (Lipinski definition) is 1. The highest BCUT2D eigenvalue weighted by Gasteiger charge is 2.13. The Kier molecular flexibility index (Phi) is 5.41. The highest BCUT2D eigenvalue weighted by atomic mass is 16.5. The number of carbonyl (C=O) groups excluding carboxylic acids is 1. The van der Waals surface area contributed by atoms with Crippen LogP contribution in [-0.4, -0.2) is 34.2 Å². The second-order valence-corrected chi connectivity index (χ2v) is 5.24. The summed E-state index contributed by atoms with van der Waals surface area (Å²) in [5, 5.41) is 2.85. The van der Waals surface area contributed by atoms with Gasteiger partial charge in [0.25, 0.3) is 5.91 Å². The molecule has 1 amide bonds. The minimum absolute atomic E-state index is 0.129. The molecule has 0 aliphatic rings. The average Bonchev–Trinajstić information content (AvgIpc) is 2.55. The third-order valence-electron chi connectivity index (χ3n) is 3.40. The van der Waals surface area contributed by atoms with Crippen LogP contribution in [0.4, 0.5) is 11.4 Å². The van der Waals surface area contributed by atoms with Crippen LogP contribution in [0.3, 0.4) is 0 Å². The third kappa shape index (κ3) is 4.35. The Balaban J connectivity index is 2.04. The molecule has 1 heterocycles. The number of hydrogen-bond acceptors (Lipinski definition) is 4. The van der Waals surface area contributed by atoms with Crippen molar-refractivity contribution < 1.29 is 18.8 Å². The quantitative estimate of drug-likeness (QED) is 0.824. The van der Waals surface area contributed by atoms with Crippen LogP contribution in [-0.2, 0) is 11.3 Å². The number of nitrogens with zero attached hydrogens (tertiary/aromatic N) is 2. The number of benzene rings is 1. The van der Waals surface area contributed by atoms with Gasteiger partial charge in [-0.15, -0.1) is 0 Å². The lowest BCUT2D eigenvalue weighted by atomic mass is 10.2. The van der Waals surface area contributed by atoms with Gasteiger partial charge >= 0.3 is 0 Å². The molecule has 0 saturated heterocycles. The van der Waals surface area contributed by atoms with Crippen LogP contribution in [0.25, 0.3) is 0 Å². The van der Waals surface area contributed by atoms with Crippen molar-refractivity contribution in [1.82, 2.24) is 0 Å². The molecule has 6 nitrogen and oxygen atoms in total. The molecule has 0 aliphatic heterocycles. The van der Waals surface area contributed by atoms with Crippen molar-refractivity contribution in [2.45, 2.75) is 6.54 Å². The second-order valence-electron chi connectivity index (χ2n) is 5.24. The molecule has 0 radical (unpaired) electrons. The van der Waals surface area contributed by atoms with E-state index in [2.05, 4.69) is 5.32 Å². The molecule has 0 bridgehead atoms. The Hall–Kier alpha value is -2.76. The van der Waals surface area contributed by atoms with E-state index in [1.807, 2.05) is 48.1 Å². The zero-order valence-corrected chi connectivity index (χ0v) is 13.9. The SMILES string of the molecule is COc1ccc(NC(=O)C[n+]2ccc(N(C)C)cc2)c(OC)c1. The highest BCUT2D eigenvalue weighted by molar-refractivity contribution is 5.91. The standard InChI is InChI=1S/C17H21N3O3/c1-19(2)13-7-9-20(10-8-13)12-17(21)18-15-6-5-14(22-3)11-16(15)23-4/h5-11H,12H2,1-4H3/p+1. The van der Waals surface area contributed by atoms with Crippen molar-refractivity contribution >= 4 is 17.3 Å². The first-order valence-corrected chi connectivity index (χ1v) is 7.22. The normalized spacial score (nSPS) is 10.1. The van der Waals surface area contributed by atoms with E-state index in [-0.39, 0.29) is 12.5 Å². The number of pyridine rings is 1. The molecule has 0 fully saturated rings. The van der Waals surface area contributed by atoms with Gasteiger partial charge in [0.1, 0.15) is 11.5 Å². The van der Waals surface area contributed by atoms with E-state index in [9.17, 15) is 4.79 Å². The minimum atomic E-state index is -0.129. The van der Waals surface area contributed by atoms with Gasteiger partial charge in [0, 0.05) is 38.0 Å². The largest absolute Gasteiger partial charge is 0.497 e. The van der Waals surface area contributed by atoms with Crippen LogP contribution in [0.1, 0.15) is 0 Å². The molecule has 1 N–H and O–H groups in total. The van der Waals surface area contributed by atoms with Gasteiger partial charge in [-0.25, -0.2) is 0 Å².